The van der Waals surface area contributed by atoms with Crippen molar-refractivity contribution in [3.05, 3.63) is 33.8 Å². The molecule has 27 heavy (non-hydrogen) atoms. The van der Waals surface area contributed by atoms with Crippen LogP contribution in [-0.4, -0.2) is 21.1 Å². The third kappa shape index (κ3) is 3.59. The smallest absolute Gasteiger partial charge is 0.238 e. The fourth-order valence-electron chi connectivity index (χ4n) is 3.26. The zero-order valence-corrected chi connectivity index (χ0v) is 17.4. The number of carbonyl (C=O) groups excluding carboxylic acids is 1. The van der Waals surface area contributed by atoms with Crippen LogP contribution in [0, 0.1) is 17.2 Å². The molecule has 3 aromatic rings. The Kier molecular flexibility index (Phi) is 5.17. The Morgan fingerprint density at radius 3 is 3.15 bits per heavy atom. The predicted octanol–water partition coefficient (Wildman–Crippen LogP) is 4.87. The Hall–Kier alpha value is -1.95. The molecule has 0 saturated heterocycles. The second-order valence-electron chi connectivity index (χ2n) is 6.74. The summed E-state index contributed by atoms with van der Waals surface area (Å²) in [4.78, 5) is 24.0. The molecular weight excluding hydrogens is 396 g/mol. The average Bonchev–Trinajstić information content (AvgIpc) is 3.25. The largest absolute Gasteiger partial charge is 0.316 e. The van der Waals surface area contributed by atoms with E-state index in [0.717, 1.165) is 28.1 Å². The van der Waals surface area contributed by atoms with Crippen molar-refractivity contribution < 1.29 is 4.79 Å². The normalized spacial score (nSPS) is 17.3. The van der Waals surface area contributed by atoms with Gasteiger partial charge in [-0.15, -0.1) is 22.7 Å². The molecule has 5 nitrogen and oxygen atoms in total. The molecule has 1 N–H and O–H groups in total. The first-order chi connectivity index (χ1) is 13.1. The molecule has 0 spiro atoms. The lowest BCUT2D eigenvalue weighted by Crippen LogP contribution is -2.22. The molecular formula is C19H18N4OS3. The van der Waals surface area contributed by atoms with Crippen molar-refractivity contribution in [1.82, 2.24) is 9.97 Å². The zero-order chi connectivity index (χ0) is 19.0. The summed E-state index contributed by atoms with van der Waals surface area (Å²) < 4.78 is 0. The molecule has 0 radical (unpaired) electrons. The van der Waals surface area contributed by atoms with Crippen LogP contribution in [0.4, 0.5) is 5.00 Å². The van der Waals surface area contributed by atoms with E-state index >= 15 is 0 Å². The fraction of sp³-hybridized carbons (Fsp3) is 0.368. The van der Waals surface area contributed by atoms with Crippen LogP contribution in [0.25, 0.3) is 10.2 Å². The van der Waals surface area contributed by atoms with Crippen LogP contribution in [0.15, 0.2) is 22.8 Å². The Balaban J connectivity index is 1.58. The highest BCUT2D eigenvalue weighted by Crippen LogP contribution is 2.41. The second kappa shape index (κ2) is 7.58. The molecule has 138 valence electrons. The first kappa shape index (κ1) is 18.4. The number of thioether (sulfide) groups is 1. The number of hydrogen-bond acceptors (Lipinski definition) is 7. The number of carbonyl (C=O) groups is 1. The van der Waals surface area contributed by atoms with E-state index < -0.39 is 0 Å². The summed E-state index contributed by atoms with van der Waals surface area (Å²) in [5.74, 6) is 0.586. The summed E-state index contributed by atoms with van der Waals surface area (Å²) in [6, 6.07) is 3.81. The molecule has 8 heteroatoms. The average molecular weight is 415 g/mol. The minimum atomic E-state index is -0.324. The van der Waals surface area contributed by atoms with Crippen LogP contribution < -0.4 is 5.32 Å². The van der Waals surface area contributed by atoms with Gasteiger partial charge in [-0.05, 0) is 49.1 Å². The topological polar surface area (TPSA) is 78.7 Å². The van der Waals surface area contributed by atoms with E-state index in [1.165, 1.54) is 40.0 Å². The third-order valence-corrected chi connectivity index (χ3v) is 7.83. The van der Waals surface area contributed by atoms with Crippen molar-refractivity contribution in [2.45, 2.75) is 43.4 Å². The van der Waals surface area contributed by atoms with Gasteiger partial charge < -0.3 is 5.32 Å². The van der Waals surface area contributed by atoms with Gasteiger partial charge in [-0.1, -0.05) is 18.7 Å². The van der Waals surface area contributed by atoms with E-state index in [0.29, 0.717) is 16.5 Å². The maximum absolute atomic E-state index is 12.6. The van der Waals surface area contributed by atoms with Crippen molar-refractivity contribution in [3.63, 3.8) is 0 Å². The molecule has 3 aromatic heterocycles. The van der Waals surface area contributed by atoms with Crippen molar-refractivity contribution in [3.8, 4) is 6.07 Å². The Morgan fingerprint density at radius 2 is 2.33 bits per heavy atom. The van der Waals surface area contributed by atoms with E-state index in [-0.39, 0.29) is 11.2 Å². The summed E-state index contributed by atoms with van der Waals surface area (Å²) >= 11 is 4.58. The van der Waals surface area contributed by atoms with Gasteiger partial charge in [0.25, 0.3) is 0 Å². The lowest BCUT2D eigenvalue weighted by atomic mass is 9.89. The van der Waals surface area contributed by atoms with Gasteiger partial charge in [0, 0.05) is 10.3 Å². The van der Waals surface area contributed by atoms with Gasteiger partial charge in [0.05, 0.1) is 10.8 Å². The number of aromatic nitrogens is 2. The number of nitriles is 1. The Labute approximate surface area is 169 Å². The molecule has 0 unspecified atom stereocenters. The molecule has 0 aliphatic heterocycles. The number of fused-ring (bicyclic) bond motifs is 3. The highest BCUT2D eigenvalue weighted by Gasteiger charge is 2.25. The number of nitrogens with one attached hydrogen (secondary N) is 1. The number of nitrogens with zero attached hydrogens (tertiary/aromatic N) is 3. The van der Waals surface area contributed by atoms with Crippen LogP contribution in [0.1, 0.15) is 36.3 Å². The number of aryl methyl sites for hydroxylation is 1. The van der Waals surface area contributed by atoms with Gasteiger partial charge in [0.2, 0.25) is 5.91 Å². The van der Waals surface area contributed by atoms with Crippen molar-refractivity contribution in [2.24, 2.45) is 5.92 Å². The third-order valence-electron chi connectivity index (χ3n) is 4.74. The van der Waals surface area contributed by atoms with Gasteiger partial charge in [0.1, 0.15) is 27.3 Å². The van der Waals surface area contributed by atoms with Crippen molar-refractivity contribution in [2.75, 3.05) is 5.32 Å². The van der Waals surface area contributed by atoms with E-state index in [9.17, 15) is 4.79 Å². The first-order valence-electron chi connectivity index (χ1n) is 8.77. The summed E-state index contributed by atoms with van der Waals surface area (Å²) in [5, 5.41) is 16.1. The molecule has 1 aliphatic rings. The minimum absolute atomic E-state index is 0.122. The van der Waals surface area contributed by atoms with Crippen molar-refractivity contribution in [1.29, 1.82) is 5.26 Å². The number of anilines is 1. The summed E-state index contributed by atoms with van der Waals surface area (Å²) in [5.41, 5.74) is 1.87. The molecule has 1 amide bonds. The van der Waals surface area contributed by atoms with Crippen LogP contribution in [0.2, 0.25) is 0 Å². The molecule has 0 bridgehead atoms. The number of amides is 1. The highest BCUT2D eigenvalue weighted by molar-refractivity contribution is 8.00. The first-order valence-corrected chi connectivity index (χ1v) is 11.3. The van der Waals surface area contributed by atoms with Gasteiger partial charge in [-0.3, -0.25) is 4.79 Å². The van der Waals surface area contributed by atoms with Crippen LogP contribution in [0.3, 0.4) is 0 Å². The summed E-state index contributed by atoms with van der Waals surface area (Å²) in [6.07, 6.45) is 4.93. The molecule has 0 aromatic carbocycles. The van der Waals surface area contributed by atoms with E-state index in [4.69, 9.17) is 5.26 Å². The predicted molar refractivity (Wildman–Crippen MR) is 112 cm³/mol. The Bertz CT molecular complexity index is 1050. The molecule has 2 atom stereocenters. The SMILES string of the molecule is C[C@@H]1CCc2c(sc3ncnc(S[C@H](C)C(=O)Nc4sccc4C#N)c23)C1. The van der Waals surface area contributed by atoms with Gasteiger partial charge >= 0.3 is 0 Å². The molecule has 0 fully saturated rings. The summed E-state index contributed by atoms with van der Waals surface area (Å²) in [7, 11) is 0. The minimum Gasteiger partial charge on any atom is -0.316 e. The lowest BCUT2D eigenvalue weighted by molar-refractivity contribution is -0.115. The maximum Gasteiger partial charge on any atom is 0.238 e. The molecule has 1 aliphatic carbocycles. The van der Waals surface area contributed by atoms with E-state index in [1.54, 1.807) is 29.1 Å². The second-order valence-corrected chi connectivity index (χ2v) is 10.1. The van der Waals surface area contributed by atoms with E-state index in [2.05, 4.69) is 28.3 Å². The van der Waals surface area contributed by atoms with Crippen LogP contribution in [-0.2, 0) is 17.6 Å². The van der Waals surface area contributed by atoms with Crippen LogP contribution >= 0.6 is 34.4 Å². The molecule has 4 rings (SSSR count). The quantitative estimate of drug-likeness (QED) is 0.487. The standard InChI is InChI=1S/C19H18N4OS3/c1-10-3-4-13-14(7-10)27-19-15(13)18(21-9-22-19)26-11(2)16(24)23-17-12(8-20)5-6-25-17/h5-6,9-11H,3-4,7H2,1-2H3,(H,23,24)/t10-,11-/m1/s1. The van der Waals surface area contributed by atoms with Gasteiger partial charge in [-0.25, -0.2) is 9.97 Å². The Morgan fingerprint density at radius 1 is 1.48 bits per heavy atom. The monoisotopic (exact) mass is 414 g/mol. The van der Waals surface area contributed by atoms with Gasteiger partial charge in [0.15, 0.2) is 0 Å². The number of rotatable bonds is 4. The zero-order valence-electron chi connectivity index (χ0n) is 15.0. The summed E-state index contributed by atoms with van der Waals surface area (Å²) in [6.45, 7) is 4.16. The van der Waals surface area contributed by atoms with Crippen molar-refractivity contribution >= 4 is 55.6 Å². The van der Waals surface area contributed by atoms with Crippen LogP contribution in [0.5, 0.6) is 0 Å². The molecule has 0 saturated carbocycles. The lowest BCUT2D eigenvalue weighted by Gasteiger charge is -2.18. The highest BCUT2D eigenvalue weighted by atomic mass is 32.2. The number of hydrogen-bond donors (Lipinski definition) is 1. The van der Waals surface area contributed by atoms with E-state index in [1.807, 2.05) is 6.92 Å². The maximum atomic E-state index is 12.6. The fourth-order valence-corrected chi connectivity index (χ4v) is 6.37. The number of thiophene rings is 2. The van der Waals surface area contributed by atoms with Gasteiger partial charge in [-0.2, -0.15) is 5.26 Å². The molecule has 3 heterocycles.